The molecule has 2 rings (SSSR count). The second-order valence-electron chi connectivity index (χ2n) is 4.08. The van der Waals surface area contributed by atoms with E-state index in [0.29, 0.717) is 16.4 Å². The molecule has 2 aromatic rings. The Morgan fingerprint density at radius 1 is 1.48 bits per heavy atom. The highest BCUT2D eigenvalue weighted by Gasteiger charge is 2.09. The number of hydrogen-bond donors (Lipinski definition) is 2. The number of nitrogens with one attached hydrogen (secondary N) is 1. The Bertz CT molecular complexity index is 678. The maximum Gasteiger partial charge on any atom is 0.307 e. The second kappa shape index (κ2) is 6.80. The molecule has 0 radical (unpaired) electrons. The molecule has 0 saturated carbocycles. The molecule has 0 saturated heterocycles. The van der Waals surface area contributed by atoms with Crippen LogP contribution in [0.3, 0.4) is 0 Å². The molecule has 7 nitrogen and oxygen atoms in total. The maximum absolute atomic E-state index is 10.8. The zero-order valence-corrected chi connectivity index (χ0v) is 11.9. The van der Waals surface area contributed by atoms with Gasteiger partial charge in [-0.25, -0.2) is 9.97 Å². The molecule has 108 valence electrons. The number of benzene rings is 1. The van der Waals surface area contributed by atoms with Crippen molar-refractivity contribution in [3.63, 3.8) is 0 Å². The molecular formula is C13H12N4O3S. The molecule has 0 amide bonds. The highest BCUT2D eigenvalue weighted by atomic mass is 32.2. The summed E-state index contributed by atoms with van der Waals surface area (Å²) in [5.74, 6) is -0.620. The van der Waals surface area contributed by atoms with Gasteiger partial charge in [-0.3, -0.25) is 4.79 Å². The van der Waals surface area contributed by atoms with Crippen LogP contribution in [0.15, 0.2) is 40.8 Å². The Morgan fingerprint density at radius 2 is 2.29 bits per heavy atom. The Labute approximate surface area is 124 Å². The number of nitroso groups, excluding NO2 is 1. The number of rotatable bonds is 6. The lowest BCUT2D eigenvalue weighted by Gasteiger charge is -2.09. The van der Waals surface area contributed by atoms with Gasteiger partial charge < -0.3 is 10.4 Å². The zero-order chi connectivity index (χ0) is 15.2. The third-order valence-electron chi connectivity index (χ3n) is 2.57. The summed E-state index contributed by atoms with van der Waals surface area (Å²) in [6.07, 6.45) is 3.09. The Morgan fingerprint density at radius 3 is 2.95 bits per heavy atom. The van der Waals surface area contributed by atoms with E-state index in [1.807, 2.05) is 6.26 Å². The van der Waals surface area contributed by atoms with Gasteiger partial charge in [0.1, 0.15) is 0 Å². The molecule has 0 aliphatic rings. The summed E-state index contributed by atoms with van der Waals surface area (Å²) in [4.78, 5) is 29.6. The lowest BCUT2D eigenvalue weighted by atomic mass is 10.1. The van der Waals surface area contributed by atoms with Gasteiger partial charge in [0, 0.05) is 5.69 Å². The van der Waals surface area contributed by atoms with Crippen molar-refractivity contribution in [3.8, 4) is 0 Å². The molecule has 0 aliphatic carbocycles. The van der Waals surface area contributed by atoms with Gasteiger partial charge in [0.25, 0.3) is 0 Å². The average molecular weight is 304 g/mol. The molecule has 0 atom stereocenters. The van der Waals surface area contributed by atoms with Crippen molar-refractivity contribution in [1.29, 1.82) is 0 Å². The molecule has 0 aliphatic heterocycles. The first-order chi connectivity index (χ1) is 10.1. The number of aliphatic carboxylic acids is 1. The summed E-state index contributed by atoms with van der Waals surface area (Å²) in [7, 11) is 0. The summed E-state index contributed by atoms with van der Waals surface area (Å²) in [5.41, 5.74) is 1.37. The molecule has 0 unspecified atom stereocenters. The van der Waals surface area contributed by atoms with Crippen LogP contribution in [0, 0.1) is 4.91 Å². The topological polar surface area (TPSA) is 105 Å². The average Bonchev–Trinajstić information content (AvgIpc) is 2.47. The number of anilines is 2. The van der Waals surface area contributed by atoms with E-state index in [0.717, 1.165) is 0 Å². The van der Waals surface area contributed by atoms with Gasteiger partial charge in [0.05, 0.1) is 12.6 Å². The van der Waals surface area contributed by atoms with Crippen LogP contribution in [0.25, 0.3) is 0 Å². The van der Waals surface area contributed by atoms with Crippen LogP contribution in [-0.2, 0) is 11.2 Å². The van der Waals surface area contributed by atoms with E-state index in [-0.39, 0.29) is 17.9 Å². The summed E-state index contributed by atoms with van der Waals surface area (Å²) in [6.45, 7) is 0. The number of aromatic nitrogens is 2. The lowest BCUT2D eigenvalue weighted by Crippen LogP contribution is -2.01. The maximum atomic E-state index is 10.8. The van der Waals surface area contributed by atoms with Crippen molar-refractivity contribution in [1.82, 2.24) is 9.97 Å². The third kappa shape index (κ3) is 3.99. The predicted octanol–water partition coefficient (Wildman–Crippen LogP) is 2.97. The number of hydrogen-bond acceptors (Lipinski definition) is 7. The lowest BCUT2D eigenvalue weighted by molar-refractivity contribution is -0.136. The van der Waals surface area contributed by atoms with Gasteiger partial charge in [0.2, 0.25) is 0 Å². The zero-order valence-electron chi connectivity index (χ0n) is 11.1. The van der Waals surface area contributed by atoms with Crippen molar-refractivity contribution in [2.45, 2.75) is 11.6 Å². The number of carbonyl (C=O) groups is 1. The van der Waals surface area contributed by atoms with E-state index in [9.17, 15) is 9.70 Å². The third-order valence-corrected chi connectivity index (χ3v) is 3.14. The predicted molar refractivity (Wildman–Crippen MR) is 80.3 cm³/mol. The quantitative estimate of drug-likeness (QED) is 0.480. The van der Waals surface area contributed by atoms with Crippen molar-refractivity contribution >= 4 is 34.9 Å². The smallest absolute Gasteiger partial charge is 0.307 e. The standard InChI is InChI=1S/C13H12N4O3S/c1-21-13-14-7-10(17-20)12(16-13)15-9-4-2-3-8(5-9)6-11(18)19/h2-5,7H,6H2,1H3,(H,18,19)(H,14,15,16). The largest absolute Gasteiger partial charge is 0.481 e. The fourth-order valence-corrected chi connectivity index (χ4v) is 2.03. The van der Waals surface area contributed by atoms with Gasteiger partial charge in [0.15, 0.2) is 16.7 Å². The molecule has 0 spiro atoms. The first kappa shape index (κ1) is 14.9. The summed E-state index contributed by atoms with van der Waals surface area (Å²) < 4.78 is 0. The Hall–Kier alpha value is -2.48. The first-order valence-electron chi connectivity index (χ1n) is 5.94. The van der Waals surface area contributed by atoms with E-state index < -0.39 is 5.97 Å². The van der Waals surface area contributed by atoms with Gasteiger partial charge in [-0.05, 0) is 29.1 Å². The second-order valence-corrected chi connectivity index (χ2v) is 4.85. The monoisotopic (exact) mass is 304 g/mol. The van der Waals surface area contributed by atoms with Crippen molar-refractivity contribution in [3.05, 3.63) is 40.9 Å². The van der Waals surface area contributed by atoms with E-state index in [1.165, 1.54) is 18.0 Å². The van der Waals surface area contributed by atoms with E-state index in [1.54, 1.807) is 24.3 Å². The van der Waals surface area contributed by atoms with Crippen LogP contribution in [0.2, 0.25) is 0 Å². The minimum absolute atomic E-state index is 0.0753. The van der Waals surface area contributed by atoms with Crippen LogP contribution in [0.5, 0.6) is 0 Å². The van der Waals surface area contributed by atoms with Crippen molar-refractivity contribution in [2.24, 2.45) is 5.18 Å². The van der Waals surface area contributed by atoms with Crippen molar-refractivity contribution in [2.75, 3.05) is 11.6 Å². The van der Waals surface area contributed by atoms with Gasteiger partial charge >= 0.3 is 5.97 Å². The highest BCUT2D eigenvalue weighted by Crippen LogP contribution is 2.27. The molecule has 21 heavy (non-hydrogen) atoms. The van der Waals surface area contributed by atoms with Crippen LogP contribution >= 0.6 is 11.8 Å². The van der Waals surface area contributed by atoms with Gasteiger partial charge in [-0.1, -0.05) is 23.9 Å². The minimum atomic E-state index is -0.908. The number of thioether (sulfide) groups is 1. The summed E-state index contributed by atoms with van der Waals surface area (Å²) in [6, 6.07) is 6.88. The number of carboxylic acids is 1. The van der Waals surface area contributed by atoms with Gasteiger partial charge in [-0.15, -0.1) is 4.91 Å². The fourth-order valence-electron chi connectivity index (χ4n) is 1.69. The van der Waals surface area contributed by atoms with Crippen LogP contribution < -0.4 is 5.32 Å². The number of nitrogens with zero attached hydrogens (tertiary/aromatic N) is 3. The van der Waals surface area contributed by atoms with Crippen LogP contribution in [-0.4, -0.2) is 27.3 Å². The summed E-state index contributed by atoms with van der Waals surface area (Å²) in [5, 5.41) is 15.1. The fraction of sp³-hybridized carbons (Fsp3) is 0.154. The molecule has 0 fully saturated rings. The van der Waals surface area contributed by atoms with Crippen molar-refractivity contribution < 1.29 is 9.90 Å². The summed E-state index contributed by atoms with van der Waals surface area (Å²) >= 11 is 1.34. The molecule has 0 bridgehead atoms. The molecule has 1 aromatic heterocycles. The number of carboxylic acid groups (broad SMARTS) is 1. The minimum Gasteiger partial charge on any atom is -0.481 e. The molecule has 1 aromatic carbocycles. The molecule has 2 N–H and O–H groups in total. The van der Waals surface area contributed by atoms with E-state index in [2.05, 4.69) is 20.5 Å². The molecular weight excluding hydrogens is 292 g/mol. The molecule has 1 heterocycles. The van der Waals surface area contributed by atoms with Crippen LogP contribution in [0.4, 0.5) is 17.2 Å². The molecule has 8 heteroatoms. The first-order valence-corrected chi connectivity index (χ1v) is 7.17. The Balaban J connectivity index is 2.28. The van der Waals surface area contributed by atoms with E-state index >= 15 is 0 Å². The van der Waals surface area contributed by atoms with Crippen LogP contribution in [0.1, 0.15) is 5.56 Å². The highest BCUT2D eigenvalue weighted by molar-refractivity contribution is 7.98. The van der Waals surface area contributed by atoms with Gasteiger partial charge in [-0.2, -0.15) is 0 Å². The normalized spacial score (nSPS) is 10.1. The van der Waals surface area contributed by atoms with E-state index in [4.69, 9.17) is 5.11 Å². The Kier molecular flexibility index (Phi) is 4.83. The SMILES string of the molecule is CSc1ncc(N=O)c(Nc2cccc(CC(=O)O)c2)n1.